The molecule has 0 radical (unpaired) electrons. The fourth-order valence-corrected chi connectivity index (χ4v) is 1.24. The van der Waals surface area contributed by atoms with Crippen molar-refractivity contribution in [2.75, 3.05) is 0 Å². The highest BCUT2D eigenvalue weighted by Crippen LogP contribution is 2.12. The van der Waals surface area contributed by atoms with Crippen LogP contribution in [0.25, 0.3) is 0 Å². The second kappa shape index (κ2) is 5.07. The predicted octanol–water partition coefficient (Wildman–Crippen LogP) is 1.39. The molecular formula is C12H19N3O. The number of amides is 1. The van der Waals surface area contributed by atoms with Crippen LogP contribution in [-0.2, 0) is 4.79 Å². The minimum Gasteiger partial charge on any atom is -0.348 e. The zero-order chi connectivity index (χ0) is 12.2. The Morgan fingerprint density at radius 3 is 2.88 bits per heavy atom. The van der Waals surface area contributed by atoms with Crippen molar-refractivity contribution >= 4 is 5.91 Å². The lowest BCUT2D eigenvalue weighted by Gasteiger charge is -2.24. The predicted molar refractivity (Wildman–Crippen MR) is 63.7 cm³/mol. The first-order valence-corrected chi connectivity index (χ1v) is 5.47. The number of hydrogen-bond donors (Lipinski definition) is 2. The zero-order valence-corrected chi connectivity index (χ0v) is 10.0. The molecule has 1 amide bonds. The van der Waals surface area contributed by atoms with E-state index in [0.717, 1.165) is 5.56 Å². The van der Waals surface area contributed by atoms with Crippen molar-refractivity contribution in [2.45, 2.75) is 38.8 Å². The molecule has 3 N–H and O–H groups in total. The lowest BCUT2D eigenvalue weighted by molar-refractivity contribution is -0.126. The summed E-state index contributed by atoms with van der Waals surface area (Å²) in [5, 5.41) is 2.88. The van der Waals surface area contributed by atoms with Crippen molar-refractivity contribution in [1.82, 2.24) is 10.3 Å². The number of carbonyl (C=O) groups excluding carboxylic acids is 1. The maximum atomic E-state index is 11.8. The van der Waals surface area contributed by atoms with Gasteiger partial charge in [-0.1, -0.05) is 13.0 Å². The molecule has 16 heavy (non-hydrogen) atoms. The molecule has 88 valence electrons. The van der Waals surface area contributed by atoms with Gasteiger partial charge in [0.15, 0.2) is 0 Å². The van der Waals surface area contributed by atoms with E-state index in [1.165, 1.54) is 0 Å². The van der Waals surface area contributed by atoms with Crippen LogP contribution in [0.1, 0.15) is 38.8 Å². The van der Waals surface area contributed by atoms with E-state index in [4.69, 9.17) is 5.73 Å². The summed E-state index contributed by atoms with van der Waals surface area (Å²) in [7, 11) is 0. The molecular weight excluding hydrogens is 202 g/mol. The number of carbonyl (C=O) groups is 1. The van der Waals surface area contributed by atoms with Crippen molar-refractivity contribution in [2.24, 2.45) is 5.73 Å². The van der Waals surface area contributed by atoms with E-state index in [1.807, 2.05) is 26.0 Å². The van der Waals surface area contributed by atoms with Crippen molar-refractivity contribution < 1.29 is 4.79 Å². The van der Waals surface area contributed by atoms with Crippen LogP contribution in [0.3, 0.4) is 0 Å². The summed E-state index contributed by atoms with van der Waals surface area (Å²) in [6.45, 7) is 5.55. The average molecular weight is 221 g/mol. The minimum absolute atomic E-state index is 0.0735. The molecule has 0 aromatic carbocycles. The first-order chi connectivity index (χ1) is 7.47. The minimum atomic E-state index is -0.809. The smallest absolute Gasteiger partial charge is 0.240 e. The Hall–Kier alpha value is -1.42. The number of nitrogens with one attached hydrogen (secondary N) is 1. The Bertz CT molecular complexity index is 349. The maximum absolute atomic E-state index is 11.8. The van der Waals surface area contributed by atoms with E-state index in [9.17, 15) is 4.79 Å². The monoisotopic (exact) mass is 221 g/mol. The molecule has 0 spiro atoms. The van der Waals surface area contributed by atoms with Crippen LogP contribution in [0.5, 0.6) is 0 Å². The van der Waals surface area contributed by atoms with Crippen molar-refractivity contribution in [3.05, 3.63) is 30.1 Å². The molecule has 0 saturated carbocycles. The fourth-order valence-electron chi connectivity index (χ4n) is 1.24. The summed E-state index contributed by atoms with van der Waals surface area (Å²) in [5.41, 5.74) is 6.02. The third-order valence-corrected chi connectivity index (χ3v) is 2.79. The summed E-state index contributed by atoms with van der Waals surface area (Å²) in [4.78, 5) is 15.8. The molecule has 0 aliphatic rings. The highest BCUT2D eigenvalue weighted by Gasteiger charge is 2.27. The van der Waals surface area contributed by atoms with Crippen molar-refractivity contribution in [3.63, 3.8) is 0 Å². The van der Waals surface area contributed by atoms with Crippen molar-refractivity contribution in [1.29, 1.82) is 0 Å². The quantitative estimate of drug-likeness (QED) is 0.807. The van der Waals surface area contributed by atoms with E-state index >= 15 is 0 Å². The Balaban J connectivity index is 2.66. The van der Waals surface area contributed by atoms with Gasteiger partial charge in [-0.15, -0.1) is 0 Å². The Labute approximate surface area is 96.3 Å². The van der Waals surface area contributed by atoms with Crippen LogP contribution in [-0.4, -0.2) is 16.4 Å². The molecule has 0 saturated heterocycles. The molecule has 0 aliphatic carbocycles. The molecule has 1 aromatic heterocycles. The number of nitrogens with zero attached hydrogens (tertiary/aromatic N) is 1. The Kier molecular flexibility index (Phi) is 4.01. The second-order valence-corrected chi connectivity index (χ2v) is 4.25. The second-order valence-electron chi connectivity index (χ2n) is 4.25. The normalized spacial score (nSPS) is 16.2. The van der Waals surface area contributed by atoms with E-state index in [1.54, 1.807) is 19.3 Å². The Morgan fingerprint density at radius 1 is 1.69 bits per heavy atom. The topological polar surface area (TPSA) is 68.0 Å². The lowest BCUT2D eigenvalue weighted by Crippen LogP contribution is -2.51. The first kappa shape index (κ1) is 12.6. The molecule has 2 atom stereocenters. The molecule has 1 aromatic rings. The highest BCUT2D eigenvalue weighted by atomic mass is 16.2. The standard InChI is InChI=1S/C12H19N3O/c1-4-12(3,13)11(16)15-9(2)10-6-5-7-14-8-10/h5-9H,4,13H2,1-3H3,(H,15,16). The first-order valence-electron chi connectivity index (χ1n) is 5.47. The van der Waals surface area contributed by atoms with Gasteiger partial charge in [0.05, 0.1) is 11.6 Å². The summed E-state index contributed by atoms with van der Waals surface area (Å²) in [6, 6.07) is 3.70. The number of pyridine rings is 1. The van der Waals surface area contributed by atoms with E-state index in [2.05, 4.69) is 10.3 Å². The molecule has 1 heterocycles. The van der Waals surface area contributed by atoms with Crippen LogP contribution in [0.4, 0.5) is 0 Å². The number of aromatic nitrogens is 1. The largest absolute Gasteiger partial charge is 0.348 e. The van der Waals surface area contributed by atoms with Gasteiger partial charge in [0, 0.05) is 12.4 Å². The van der Waals surface area contributed by atoms with Gasteiger partial charge in [-0.25, -0.2) is 0 Å². The van der Waals surface area contributed by atoms with Gasteiger partial charge >= 0.3 is 0 Å². The van der Waals surface area contributed by atoms with Gasteiger partial charge in [-0.2, -0.15) is 0 Å². The number of hydrogen-bond acceptors (Lipinski definition) is 3. The molecule has 4 nitrogen and oxygen atoms in total. The summed E-state index contributed by atoms with van der Waals surface area (Å²) in [5.74, 6) is -0.133. The maximum Gasteiger partial charge on any atom is 0.240 e. The van der Waals surface area contributed by atoms with Gasteiger partial charge in [0.1, 0.15) is 0 Å². The molecule has 1 rings (SSSR count). The Morgan fingerprint density at radius 2 is 2.38 bits per heavy atom. The third kappa shape index (κ3) is 3.03. The van der Waals surface area contributed by atoms with Crippen LogP contribution in [0, 0.1) is 0 Å². The van der Waals surface area contributed by atoms with Gasteiger partial charge < -0.3 is 11.1 Å². The zero-order valence-electron chi connectivity index (χ0n) is 10.0. The van der Waals surface area contributed by atoms with Crippen LogP contribution < -0.4 is 11.1 Å². The number of nitrogens with two attached hydrogens (primary N) is 1. The van der Waals surface area contributed by atoms with Gasteiger partial charge in [-0.3, -0.25) is 9.78 Å². The van der Waals surface area contributed by atoms with Gasteiger partial charge in [-0.05, 0) is 31.9 Å². The van der Waals surface area contributed by atoms with Gasteiger partial charge in [0.25, 0.3) is 0 Å². The summed E-state index contributed by atoms with van der Waals surface area (Å²) < 4.78 is 0. The SMILES string of the molecule is CCC(C)(N)C(=O)NC(C)c1cccnc1. The van der Waals surface area contributed by atoms with Crippen LogP contribution in [0.15, 0.2) is 24.5 Å². The summed E-state index contributed by atoms with van der Waals surface area (Å²) in [6.07, 6.45) is 4.06. The van der Waals surface area contributed by atoms with E-state index < -0.39 is 5.54 Å². The molecule has 2 unspecified atom stereocenters. The fraction of sp³-hybridized carbons (Fsp3) is 0.500. The molecule has 0 fully saturated rings. The van der Waals surface area contributed by atoms with Crippen LogP contribution >= 0.6 is 0 Å². The average Bonchev–Trinajstić information content (AvgIpc) is 2.30. The lowest BCUT2D eigenvalue weighted by atomic mass is 9.98. The third-order valence-electron chi connectivity index (χ3n) is 2.79. The molecule has 0 aliphatic heterocycles. The van der Waals surface area contributed by atoms with E-state index in [0.29, 0.717) is 6.42 Å². The number of rotatable bonds is 4. The summed E-state index contributed by atoms with van der Waals surface area (Å²) >= 11 is 0. The van der Waals surface area contributed by atoms with Gasteiger partial charge in [0.2, 0.25) is 5.91 Å². The molecule has 0 bridgehead atoms. The van der Waals surface area contributed by atoms with Crippen LogP contribution in [0.2, 0.25) is 0 Å². The highest BCUT2D eigenvalue weighted by molar-refractivity contribution is 5.85. The van der Waals surface area contributed by atoms with Crippen molar-refractivity contribution in [3.8, 4) is 0 Å². The molecule has 4 heteroatoms. The van der Waals surface area contributed by atoms with E-state index in [-0.39, 0.29) is 11.9 Å².